The van der Waals surface area contributed by atoms with E-state index in [9.17, 15) is 4.79 Å². The Morgan fingerprint density at radius 1 is 1.17 bits per heavy atom. The van der Waals surface area contributed by atoms with Crippen LogP contribution in [0.25, 0.3) is 0 Å². The summed E-state index contributed by atoms with van der Waals surface area (Å²) in [7, 11) is 0. The number of hydrogen-bond donors (Lipinski definition) is 1. The van der Waals surface area contributed by atoms with E-state index in [-0.39, 0.29) is 0 Å². The molecule has 1 heterocycles. The van der Waals surface area contributed by atoms with Gasteiger partial charge in [0.15, 0.2) is 0 Å². The van der Waals surface area contributed by atoms with Crippen molar-refractivity contribution in [3.05, 3.63) is 48.0 Å². The van der Waals surface area contributed by atoms with E-state index in [1.165, 1.54) is 68.9 Å². The third-order valence-corrected chi connectivity index (χ3v) is 4.31. The topological polar surface area (TPSA) is 49.8 Å². The predicted molar refractivity (Wildman–Crippen MR) is 99.4 cm³/mol. The lowest BCUT2D eigenvalue weighted by Gasteiger charge is -2.05. The molecule has 1 N–H and O–H groups in total. The first kappa shape index (κ1) is 20.4. The first-order chi connectivity index (χ1) is 11.6. The maximum absolute atomic E-state index is 9.25. The van der Waals surface area contributed by atoms with E-state index >= 15 is 0 Å². The second kappa shape index (κ2) is 12.8. The number of aryl methyl sites for hydroxylation is 2. The van der Waals surface area contributed by atoms with Crippen LogP contribution in [0.4, 0.5) is 0 Å². The molecule has 0 spiro atoms. The van der Waals surface area contributed by atoms with Crippen molar-refractivity contribution in [1.82, 2.24) is 0 Å². The number of ether oxygens (including phenoxy) is 1. The van der Waals surface area contributed by atoms with Gasteiger partial charge in [0.25, 0.3) is 0 Å². The van der Waals surface area contributed by atoms with Gasteiger partial charge < -0.3 is 9.84 Å². The van der Waals surface area contributed by atoms with Crippen LogP contribution in [0.2, 0.25) is 0 Å². The molecule has 3 nitrogen and oxygen atoms in total. The van der Waals surface area contributed by atoms with Crippen molar-refractivity contribution < 1.29 is 14.6 Å². The number of hydrogen-bond acceptors (Lipinski definition) is 2. The number of benzene rings is 1. The number of carbonyl (C=O) groups is 1. The second-order valence-electron chi connectivity index (χ2n) is 6.44. The van der Waals surface area contributed by atoms with Crippen molar-refractivity contribution in [3.8, 4) is 0 Å². The first-order valence-electron chi connectivity index (χ1n) is 9.15. The summed E-state index contributed by atoms with van der Waals surface area (Å²) in [4.78, 5) is 9.25. The summed E-state index contributed by atoms with van der Waals surface area (Å²) < 4.78 is 5.22. The Labute approximate surface area is 146 Å². The van der Waals surface area contributed by atoms with Gasteiger partial charge in [-0.15, -0.1) is 0 Å². The molecular formula is C21H32O3. The number of carboxylic acids is 1. The lowest BCUT2D eigenvalue weighted by atomic mass is 10.0. The Morgan fingerprint density at radius 3 is 2.25 bits per heavy atom. The molecule has 1 unspecified atom stereocenters. The van der Waals surface area contributed by atoms with Crippen LogP contribution in [-0.2, 0) is 16.0 Å². The predicted octanol–water partition coefficient (Wildman–Crippen LogP) is 5.31. The number of epoxide rings is 1. The third kappa shape index (κ3) is 11.0. The molecular weight excluding hydrogens is 300 g/mol. The first-order valence-corrected chi connectivity index (χ1v) is 9.15. The highest BCUT2D eigenvalue weighted by Gasteiger charge is 2.20. The highest BCUT2D eigenvalue weighted by atomic mass is 16.6. The maximum atomic E-state index is 9.25. The van der Waals surface area contributed by atoms with Gasteiger partial charge in [-0.2, -0.15) is 0 Å². The van der Waals surface area contributed by atoms with E-state index in [1.54, 1.807) is 0 Å². The van der Waals surface area contributed by atoms with Crippen molar-refractivity contribution in [2.75, 3.05) is 6.61 Å². The Balaban J connectivity index is 0.000000505. The van der Waals surface area contributed by atoms with Crippen LogP contribution in [0.3, 0.4) is 0 Å². The molecule has 134 valence electrons. The Hall–Kier alpha value is -1.61. The van der Waals surface area contributed by atoms with Crippen LogP contribution in [-0.4, -0.2) is 23.8 Å². The highest BCUT2D eigenvalue weighted by molar-refractivity contribution is 5.78. The van der Waals surface area contributed by atoms with Gasteiger partial charge in [-0.3, -0.25) is 0 Å². The van der Waals surface area contributed by atoms with Crippen molar-refractivity contribution in [3.63, 3.8) is 0 Å². The summed E-state index contributed by atoms with van der Waals surface area (Å²) in [5.74, 6) is -0.981. The van der Waals surface area contributed by atoms with Gasteiger partial charge in [0.05, 0.1) is 12.7 Å². The molecule has 1 atom stereocenters. The fourth-order valence-electron chi connectivity index (χ4n) is 2.70. The molecule has 0 amide bonds. The van der Waals surface area contributed by atoms with E-state index in [2.05, 4.69) is 37.8 Å². The highest BCUT2D eigenvalue weighted by Crippen LogP contribution is 2.18. The molecule has 2 rings (SSSR count). The smallest absolute Gasteiger partial charge is 0.327 e. The van der Waals surface area contributed by atoms with Crippen molar-refractivity contribution in [2.45, 2.75) is 70.8 Å². The summed E-state index contributed by atoms with van der Waals surface area (Å²) in [6.45, 7) is 6.21. The molecule has 0 saturated carbocycles. The SMILES string of the molecule is C=CC(=O)O.Cc1ccccc1CCCCCCCCCC1CO1. The molecule has 24 heavy (non-hydrogen) atoms. The van der Waals surface area contributed by atoms with E-state index < -0.39 is 5.97 Å². The monoisotopic (exact) mass is 332 g/mol. The van der Waals surface area contributed by atoms with Gasteiger partial charge in [0.1, 0.15) is 0 Å². The Bertz CT molecular complexity index is 478. The quantitative estimate of drug-likeness (QED) is 0.339. The number of carboxylic acid groups (broad SMARTS) is 1. The molecule has 1 saturated heterocycles. The molecule has 1 aliphatic heterocycles. The second-order valence-corrected chi connectivity index (χ2v) is 6.44. The fraction of sp³-hybridized carbons (Fsp3) is 0.571. The zero-order valence-electron chi connectivity index (χ0n) is 15.0. The molecule has 0 bridgehead atoms. The van der Waals surface area contributed by atoms with Crippen LogP contribution in [0.5, 0.6) is 0 Å². The molecule has 3 heteroatoms. The Kier molecular flexibility index (Phi) is 10.9. The van der Waals surface area contributed by atoms with Gasteiger partial charge in [-0.1, -0.05) is 69.4 Å². The zero-order chi connectivity index (χ0) is 17.6. The fourth-order valence-corrected chi connectivity index (χ4v) is 2.70. The summed E-state index contributed by atoms with van der Waals surface area (Å²) in [5, 5.41) is 7.60. The lowest BCUT2D eigenvalue weighted by molar-refractivity contribution is -0.131. The van der Waals surface area contributed by atoms with Crippen LogP contribution < -0.4 is 0 Å². The largest absolute Gasteiger partial charge is 0.478 e. The summed E-state index contributed by atoms with van der Waals surface area (Å²) in [5.41, 5.74) is 2.98. The van der Waals surface area contributed by atoms with Crippen molar-refractivity contribution in [1.29, 1.82) is 0 Å². The Morgan fingerprint density at radius 2 is 1.71 bits per heavy atom. The molecule has 0 radical (unpaired) electrons. The van der Waals surface area contributed by atoms with Crippen LogP contribution in [0, 0.1) is 6.92 Å². The van der Waals surface area contributed by atoms with Gasteiger partial charge >= 0.3 is 5.97 Å². The average Bonchev–Trinajstić information content (AvgIpc) is 3.39. The minimum absolute atomic E-state index is 0.633. The molecule has 1 aromatic rings. The van der Waals surface area contributed by atoms with Gasteiger partial charge in [-0.25, -0.2) is 4.79 Å². The maximum Gasteiger partial charge on any atom is 0.327 e. The van der Waals surface area contributed by atoms with Crippen LogP contribution in [0.1, 0.15) is 62.5 Å². The number of unbranched alkanes of at least 4 members (excludes halogenated alkanes) is 6. The molecule has 0 aromatic heterocycles. The van der Waals surface area contributed by atoms with Crippen molar-refractivity contribution >= 4 is 5.97 Å². The van der Waals surface area contributed by atoms with E-state index in [0.29, 0.717) is 6.10 Å². The molecule has 1 fully saturated rings. The summed E-state index contributed by atoms with van der Waals surface area (Å²) in [6.07, 6.45) is 13.8. The van der Waals surface area contributed by atoms with Gasteiger partial charge in [0, 0.05) is 6.08 Å². The van der Waals surface area contributed by atoms with E-state index in [1.807, 2.05) is 0 Å². The summed E-state index contributed by atoms with van der Waals surface area (Å²) in [6, 6.07) is 8.78. The normalized spacial score (nSPS) is 15.3. The van der Waals surface area contributed by atoms with E-state index in [0.717, 1.165) is 12.7 Å². The standard InChI is InChI=1S/C18H28O.C3H4O2/c1-16-11-9-10-13-17(16)12-7-5-3-2-4-6-8-14-18-15-19-18;1-2-3(4)5/h9-11,13,18H,2-8,12,14-15H2,1H3;2H,1H2,(H,4,5). The molecule has 1 aliphatic rings. The third-order valence-electron chi connectivity index (χ3n) is 4.31. The lowest BCUT2D eigenvalue weighted by Crippen LogP contribution is -1.90. The van der Waals surface area contributed by atoms with Gasteiger partial charge in [-0.05, 0) is 37.3 Å². The van der Waals surface area contributed by atoms with Crippen molar-refractivity contribution in [2.24, 2.45) is 0 Å². The zero-order valence-corrected chi connectivity index (χ0v) is 15.0. The minimum atomic E-state index is -0.981. The number of aliphatic carboxylic acids is 1. The molecule has 0 aliphatic carbocycles. The average molecular weight is 332 g/mol. The summed E-state index contributed by atoms with van der Waals surface area (Å²) >= 11 is 0. The van der Waals surface area contributed by atoms with Crippen LogP contribution in [0.15, 0.2) is 36.9 Å². The van der Waals surface area contributed by atoms with Crippen LogP contribution >= 0.6 is 0 Å². The number of rotatable bonds is 11. The molecule has 1 aromatic carbocycles. The van der Waals surface area contributed by atoms with E-state index in [4.69, 9.17) is 9.84 Å². The minimum Gasteiger partial charge on any atom is -0.478 e. The van der Waals surface area contributed by atoms with Gasteiger partial charge in [0.2, 0.25) is 0 Å².